The number of benzene rings is 1. The zero-order valence-electron chi connectivity index (χ0n) is 12.5. The Balaban J connectivity index is 2.64. The highest BCUT2D eigenvalue weighted by molar-refractivity contribution is 5.97. The first-order chi connectivity index (χ1) is 9.38. The zero-order valence-corrected chi connectivity index (χ0v) is 12.5. The van der Waals surface area contributed by atoms with E-state index >= 15 is 0 Å². The van der Waals surface area contributed by atoms with Gasteiger partial charge in [-0.2, -0.15) is 0 Å². The van der Waals surface area contributed by atoms with Gasteiger partial charge in [0.15, 0.2) is 0 Å². The second-order valence-corrected chi connectivity index (χ2v) is 5.29. The molecule has 1 aromatic carbocycles. The summed E-state index contributed by atoms with van der Waals surface area (Å²) in [5.41, 5.74) is 1.16. The summed E-state index contributed by atoms with van der Waals surface area (Å²) in [6, 6.07) is 7.24. The van der Waals surface area contributed by atoms with Crippen molar-refractivity contribution in [2.24, 2.45) is 0 Å². The first-order valence-electron chi connectivity index (χ1n) is 6.82. The van der Waals surface area contributed by atoms with Gasteiger partial charge in [0.25, 0.3) is 5.91 Å². The zero-order chi connectivity index (χ0) is 15.1. The lowest BCUT2D eigenvalue weighted by molar-refractivity contribution is -0.115. The Bertz CT molecular complexity index is 470. The van der Waals surface area contributed by atoms with Gasteiger partial charge in [0, 0.05) is 23.3 Å². The van der Waals surface area contributed by atoms with Crippen LogP contribution >= 0.6 is 0 Å². The largest absolute Gasteiger partial charge is 0.350 e. The molecule has 1 rings (SSSR count). The Kier molecular flexibility index (Phi) is 6.18. The Morgan fingerprint density at radius 3 is 2.40 bits per heavy atom. The molecule has 20 heavy (non-hydrogen) atoms. The molecule has 5 heteroatoms. The maximum Gasteiger partial charge on any atom is 0.251 e. The second kappa shape index (κ2) is 7.65. The van der Waals surface area contributed by atoms with Crippen LogP contribution in [0, 0.1) is 0 Å². The number of hydrogen-bond acceptors (Lipinski definition) is 3. The van der Waals surface area contributed by atoms with Gasteiger partial charge in [-0.3, -0.25) is 9.59 Å². The quantitative estimate of drug-likeness (QED) is 0.742. The molecule has 0 saturated heterocycles. The predicted molar refractivity (Wildman–Crippen MR) is 80.8 cm³/mol. The molecule has 110 valence electrons. The molecule has 0 aliphatic heterocycles. The van der Waals surface area contributed by atoms with Crippen LogP contribution in [0.15, 0.2) is 24.3 Å². The third-order valence-corrected chi connectivity index (χ3v) is 2.50. The summed E-state index contributed by atoms with van der Waals surface area (Å²) in [5, 5.41) is 8.62. The van der Waals surface area contributed by atoms with Crippen molar-refractivity contribution in [3.63, 3.8) is 0 Å². The number of carbonyl (C=O) groups excluding carboxylic acids is 2. The van der Waals surface area contributed by atoms with E-state index in [0.29, 0.717) is 11.3 Å². The van der Waals surface area contributed by atoms with Crippen LogP contribution in [0.2, 0.25) is 0 Å². The van der Waals surface area contributed by atoms with Crippen LogP contribution < -0.4 is 16.0 Å². The number of hydrogen-bond donors (Lipinski definition) is 3. The number of carbonyl (C=O) groups is 2. The molecule has 0 aromatic heterocycles. The summed E-state index contributed by atoms with van der Waals surface area (Å²) in [7, 11) is 0. The Morgan fingerprint density at radius 1 is 1.10 bits per heavy atom. The lowest BCUT2D eigenvalue weighted by Gasteiger charge is -2.11. The van der Waals surface area contributed by atoms with Crippen molar-refractivity contribution in [2.45, 2.75) is 39.8 Å². The van der Waals surface area contributed by atoms with Crippen molar-refractivity contribution >= 4 is 17.5 Å². The Labute approximate surface area is 120 Å². The molecular weight excluding hydrogens is 254 g/mol. The molecule has 0 bridgehead atoms. The molecule has 0 atom stereocenters. The van der Waals surface area contributed by atoms with Crippen molar-refractivity contribution in [1.29, 1.82) is 0 Å². The van der Waals surface area contributed by atoms with Crippen LogP contribution in [0.5, 0.6) is 0 Å². The molecule has 1 aromatic rings. The molecule has 2 amide bonds. The minimum absolute atomic E-state index is 0.0796. The molecule has 5 nitrogen and oxygen atoms in total. The van der Waals surface area contributed by atoms with E-state index in [-0.39, 0.29) is 30.4 Å². The summed E-state index contributed by atoms with van der Waals surface area (Å²) in [4.78, 5) is 23.6. The number of anilines is 1. The molecule has 0 saturated carbocycles. The molecule has 0 aliphatic rings. The minimum Gasteiger partial charge on any atom is -0.350 e. The molecule has 3 N–H and O–H groups in total. The summed E-state index contributed by atoms with van der Waals surface area (Å²) < 4.78 is 0. The van der Waals surface area contributed by atoms with Gasteiger partial charge < -0.3 is 16.0 Å². The number of amides is 2. The van der Waals surface area contributed by atoms with E-state index < -0.39 is 0 Å². The standard InChI is InChI=1S/C15H23N3O2/c1-10(2)16-9-14(19)18-13-7-5-6-12(8-13)15(20)17-11(3)4/h5-8,10-11,16H,9H2,1-4H3,(H,17,20)(H,18,19). The van der Waals surface area contributed by atoms with Gasteiger partial charge in [0.05, 0.1) is 6.54 Å². The van der Waals surface area contributed by atoms with Crippen LogP contribution in [-0.4, -0.2) is 30.4 Å². The van der Waals surface area contributed by atoms with Gasteiger partial charge in [0.2, 0.25) is 5.91 Å². The van der Waals surface area contributed by atoms with Crippen molar-refractivity contribution < 1.29 is 9.59 Å². The number of rotatable bonds is 6. The third kappa shape index (κ3) is 5.84. The molecule has 0 heterocycles. The highest BCUT2D eigenvalue weighted by Gasteiger charge is 2.09. The summed E-state index contributed by atoms with van der Waals surface area (Å²) in [6.45, 7) is 8.01. The van der Waals surface area contributed by atoms with Crippen LogP contribution in [0.25, 0.3) is 0 Å². The van der Waals surface area contributed by atoms with Gasteiger partial charge in [-0.15, -0.1) is 0 Å². The van der Waals surface area contributed by atoms with Crippen molar-refractivity contribution in [3.8, 4) is 0 Å². The predicted octanol–water partition coefficient (Wildman–Crippen LogP) is 1.76. The van der Waals surface area contributed by atoms with Crippen LogP contribution in [-0.2, 0) is 4.79 Å². The van der Waals surface area contributed by atoms with E-state index in [4.69, 9.17) is 0 Å². The SMILES string of the molecule is CC(C)NCC(=O)Nc1cccc(C(=O)NC(C)C)c1. The Morgan fingerprint density at radius 2 is 1.80 bits per heavy atom. The molecule has 0 aliphatic carbocycles. The molecule has 0 unspecified atom stereocenters. The van der Waals surface area contributed by atoms with Crippen molar-refractivity contribution in [2.75, 3.05) is 11.9 Å². The van der Waals surface area contributed by atoms with E-state index in [1.807, 2.05) is 27.7 Å². The van der Waals surface area contributed by atoms with E-state index in [2.05, 4.69) is 16.0 Å². The van der Waals surface area contributed by atoms with Gasteiger partial charge in [-0.25, -0.2) is 0 Å². The van der Waals surface area contributed by atoms with Crippen molar-refractivity contribution in [1.82, 2.24) is 10.6 Å². The van der Waals surface area contributed by atoms with Gasteiger partial charge in [-0.05, 0) is 32.0 Å². The normalized spacial score (nSPS) is 10.7. The molecular formula is C15H23N3O2. The fourth-order valence-corrected chi connectivity index (χ4v) is 1.59. The minimum atomic E-state index is -0.142. The van der Waals surface area contributed by atoms with E-state index in [1.54, 1.807) is 24.3 Å². The summed E-state index contributed by atoms with van der Waals surface area (Å²) in [5.74, 6) is -0.267. The summed E-state index contributed by atoms with van der Waals surface area (Å²) in [6.07, 6.45) is 0. The average molecular weight is 277 g/mol. The lowest BCUT2D eigenvalue weighted by atomic mass is 10.1. The van der Waals surface area contributed by atoms with Crippen LogP contribution in [0.1, 0.15) is 38.1 Å². The Hall–Kier alpha value is -1.88. The van der Waals surface area contributed by atoms with Crippen LogP contribution in [0.4, 0.5) is 5.69 Å². The highest BCUT2D eigenvalue weighted by Crippen LogP contribution is 2.10. The van der Waals surface area contributed by atoms with Gasteiger partial charge in [-0.1, -0.05) is 19.9 Å². The third-order valence-electron chi connectivity index (χ3n) is 2.50. The topological polar surface area (TPSA) is 70.2 Å². The smallest absolute Gasteiger partial charge is 0.251 e. The van der Waals surface area contributed by atoms with E-state index in [9.17, 15) is 9.59 Å². The maximum atomic E-state index is 11.9. The van der Waals surface area contributed by atoms with Gasteiger partial charge >= 0.3 is 0 Å². The average Bonchev–Trinajstić information content (AvgIpc) is 2.36. The fourth-order valence-electron chi connectivity index (χ4n) is 1.59. The fraction of sp³-hybridized carbons (Fsp3) is 0.467. The van der Waals surface area contributed by atoms with Gasteiger partial charge in [0.1, 0.15) is 0 Å². The number of nitrogens with one attached hydrogen (secondary N) is 3. The first kappa shape index (κ1) is 16.2. The first-order valence-corrected chi connectivity index (χ1v) is 6.82. The highest BCUT2D eigenvalue weighted by atomic mass is 16.2. The van der Waals surface area contributed by atoms with Crippen molar-refractivity contribution in [3.05, 3.63) is 29.8 Å². The molecule has 0 radical (unpaired) electrons. The molecule has 0 fully saturated rings. The maximum absolute atomic E-state index is 11.9. The molecule has 0 spiro atoms. The van der Waals surface area contributed by atoms with E-state index in [0.717, 1.165) is 0 Å². The second-order valence-electron chi connectivity index (χ2n) is 5.29. The lowest BCUT2D eigenvalue weighted by Crippen LogP contribution is -2.33. The monoisotopic (exact) mass is 277 g/mol. The van der Waals surface area contributed by atoms with Crippen LogP contribution in [0.3, 0.4) is 0 Å². The van der Waals surface area contributed by atoms with E-state index in [1.165, 1.54) is 0 Å². The summed E-state index contributed by atoms with van der Waals surface area (Å²) >= 11 is 0.